The lowest BCUT2D eigenvalue weighted by Gasteiger charge is -2.36. The molecular weight excluding hydrogens is 349 g/mol. The van der Waals surface area contributed by atoms with E-state index in [1.165, 1.54) is 30.3 Å². The van der Waals surface area contributed by atoms with E-state index in [0.717, 1.165) is 5.69 Å². The molecule has 1 aliphatic heterocycles. The predicted molar refractivity (Wildman–Crippen MR) is 92.6 cm³/mol. The second-order valence-electron chi connectivity index (χ2n) is 5.67. The van der Waals surface area contributed by atoms with Crippen LogP contribution in [0.15, 0.2) is 42.5 Å². The van der Waals surface area contributed by atoms with Gasteiger partial charge in [0.25, 0.3) is 11.6 Å². The normalized spacial score (nSPS) is 14.5. The van der Waals surface area contributed by atoms with E-state index in [2.05, 4.69) is 0 Å². The van der Waals surface area contributed by atoms with Crippen molar-refractivity contribution in [2.45, 2.75) is 0 Å². The summed E-state index contributed by atoms with van der Waals surface area (Å²) in [6.45, 7) is 1.99. The Morgan fingerprint density at radius 2 is 1.72 bits per heavy atom. The highest BCUT2D eigenvalue weighted by Crippen LogP contribution is 2.25. The van der Waals surface area contributed by atoms with Gasteiger partial charge in [-0.2, -0.15) is 0 Å². The number of hydrogen-bond acceptors (Lipinski definition) is 4. The summed E-state index contributed by atoms with van der Waals surface area (Å²) in [6, 6.07) is 10.2. The van der Waals surface area contributed by atoms with Crippen molar-refractivity contribution in [2.75, 3.05) is 31.1 Å². The Kier molecular flexibility index (Phi) is 4.85. The number of anilines is 1. The van der Waals surface area contributed by atoms with E-state index < -0.39 is 4.92 Å². The van der Waals surface area contributed by atoms with Gasteiger partial charge in [-0.05, 0) is 36.4 Å². The average molecular weight is 364 g/mol. The third-order valence-corrected chi connectivity index (χ3v) is 4.38. The summed E-state index contributed by atoms with van der Waals surface area (Å²) in [7, 11) is 0. The molecule has 25 heavy (non-hydrogen) atoms. The van der Waals surface area contributed by atoms with Crippen LogP contribution >= 0.6 is 11.6 Å². The standard InChI is InChI=1S/C17H15ClFN3O3/c18-12-1-6-15(16(11-12)22(24)25)17(23)21-9-7-20(8-10-21)14-4-2-13(19)3-5-14/h1-6,11H,7-10H2. The Labute approximate surface area is 148 Å². The molecule has 2 aromatic rings. The number of nitro groups is 1. The highest BCUT2D eigenvalue weighted by molar-refractivity contribution is 6.31. The van der Waals surface area contributed by atoms with E-state index in [4.69, 9.17) is 11.6 Å². The van der Waals surface area contributed by atoms with Crippen LogP contribution in [0.5, 0.6) is 0 Å². The topological polar surface area (TPSA) is 66.7 Å². The molecule has 0 bridgehead atoms. The fourth-order valence-electron chi connectivity index (χ4n) is 2.83. The van der Waals surface area contributed by atoms with Crippen molar-refractivity contribution in [1.82, 2.24) is 4.90 Å². The second-order valence-corrected chi connectivity index (χ2v) is 6.11. The van der Waals surface area contributed by atoms with Gasteiger partial charge < -0.3 is 9.80 Å². The van der Waals surface area contributed by atoms with Crippen molar-refractivity contribution in [3.05, 3.63) is 69.0 Å². The van der Waals surface area contributed by atoms with Gasteiger partial charge in [-0.1, -0.05) is 11.6 Å². The molecule has 1 amide bonds. The van der Waals surface area contributed by atoms with E-state index in [1.807, 2.05) is 4.90 Å². The predicted octanol–water partition coefficient (Wildman–Crippen LogP) is 3.35. The van der Waals surface area contributed by atoms with Gasteiger partial charge in [0.1, 0.15) is 11.4 Å². The lowest BCUT2D eigenvalue weighted by atomic mass is 10.1. The SMILES string of the molecule is O=C(c1ccc(Cl)cc1[N+](=O)[O-])N1CCN(c2ccc(F)cc2)CC1. The largest absolute Gasteiger partial charge is 0.368 e. The zero-order chi connectivity index (χ0) is 18.0. The number of piperazine rings is 1. The molecule has 0 atom stereocenters. The van der Waals surface area contributed by atoms with Crippen molar-refractivity contribution < 1.29 is 14.1 Å². The van der Waals surface area contributed by atoms with Crippen LogP contribution in [0.4, 0.5) is 15.8 Å². The first-order chi connectivity index (χ1) is 12.0. The van der Waals surface area contributed by atoms with E-state index in [-0.39, 0.29) is 28.0 Å². The van der Waals surface area contributed by atoms with Crippen LogP contribution in [0.1, 0.15) is 10.4 Å². The number of benzene rings is 2. The number of nitrogens with zero attached hydrogens (tertiary/aromatic N) is 3. The first-order valence-electron chi connectivity index (χ1n) is 7.69. The van der Waals surface area contributed by atoms with E-state index in [9.17, 15) is 19.3 Å². The van der Waals surface area contributed by atoms with Gasteiger partial charge in [0.2, 0.25) is 0 Å². The molecule has 2 aromatic carbocycles. The quantitative estimate of drug-likeness (QED) is 0.619. The zero-order valence-corrected chi connectivity index (χ0v) is 13.9. The molecule has 6 nitrogen and oxygen atoms in total. The lowest BCUT2D eigenvalue weighted by molar-refractivity contribution is -0.385. The monoisotopic (exact) mass is 363 g/mol. The van der Waals surface area contributed by atoms with Gasteiger partial charge in [-0.3, -0.25) is 14.9 Å². The summed E-state index contributed by atoms with van der Waals surface area (Å²) in [6.07, 6.45) is 0. The summed E-state index contributed by atoms with van der Waals surface area (Å²) in [4.78, 5) is 26.8. The second kappa shape index (κ2) is 7.06. The van der Waals surface area contributed by atoms with Crippen LogP contribution in [0, 0.1) is 15.9 Å². The number of rotatable bonds is 3. The minimum atomic E-state index is -0.603. The van der Waals surface area contributed by atoms with E-state index >= 15 is 0 Å². The smallest absolute Gasteiger partial charge is 0.283 e. The summed E-state index contributed by atoms with van der Waals surface area (Å²) < 4.78 is 13.0. The van der Waals surface area contributed by atoms with Gasteiger partial charge in [-0.15, -0.1) is 0 Å². The molecule has 1 fully saturated rings. The van der Waals surface area contributed by atoms with Gasteiger partial charge >= 0.3 is 0 Å². The Morgan fingerprint density at radius 3 is 2.32 bits per heavy atom. The Bertz CT molecular complexity index is 805. The molecule has 1 saturated heterocycles. The third kappa shape index (κ3) is 3.71. The highest BCUT2D eigenvalue weighted by Gasteiger charge is 2.27. The molecule has 3 rings (SSSR count). The third-order valence-electron chi connectivity index (χ3n) is 4.15. The van der Waals surface area contributed by atoms with Crippen LogP contribution in [0.25, 0.3) is 0 Å². The molecule has 0 aliphatic carbocycles. The molecule has 0 unspecified atom stereocenters. The maximum absolute atomic E-state index is 13.0. The molecular formula is C17H15ClFN3O3. The number of carbonyl (C=O) groups is 1. The molecule has 0 N–H and O–H groups in total. The van der Waals surface area contributed by atoms with Crippen LogP contribution < -0.4 is 4.90 Å². The molecule has 0 saturated carbocycles. The van der Waals surface area contributed by atoms with Crippen molar-refractivity contribution in [2.24, 2.45) is 0 Å². The van der Waals surface area contributed by atoms with Gasteiger partial charge in [-0.25, -0.2) is 4.39 Å². The van der Waals surface area contributed by atoms with Gasteiger partial charge in [0, 0.05) is 43.0 Å². The Morgan fingerprint density at radius 1 is 1.08 bits per heavy atom. The fraction of sp³-hybridized carbons (Fsp3) is 0.235. The summed E-state index contributed by atoms with van der Waals surface area (Å²) in [5.74, 6) is -0.685. The van der Waals surface area contributed by atoms with Crippen LogP contribution in [0.3, 0.4) is 0 Å². The maximum atomic E-state index is 13.0. The summed E-state index contributed by atoms with van der Waals surface area (Å²) in [5.41, 5.74) is 0.620. The number of carbonyl (C=O) groups excluding carboxylic acids is 1. The Balaban J connectivity index is 1.72. The minimum absolute atomic E-state index is 0.0321. The summed E-state index contributed by atoms with van der Waals surface area (Å²) in [5, 5.41) is 11.4. The number of amides is 1. The van der Waals surface area contributed by atoms with Crippen molar-refractivity contribution >= 4 is 28.9 Å². The van der Waals surface area contributed by atoms with E-state index in [1.54, 1.807) is 17.0 Å². The molecule has 130 valence electrons. The summed E-state index contributed by atoms with van der Waals surface area (Å²) >= 11 is 5.79. The molecule has 0 aromatic heterocycles. The average Bonchev–Trinajstić information content (AvgIpc) is 2.62. The van der Waals surface area contributed by atoms with Crippen molar-refractivity contribution in [3.63, 3.8) is 0 Å². The molecule has 1 aliphatic rings. The fourth-order valence-corrected chi connectivity index (χ4v) is 2.99. The lowest BCUT2D eigenvalue weighted by Crippen LogP contribution is -2.48. The number of nitro benzene ring substituents is 1. The zero-order valence-electron chi connectivity index (χ0n) is 13.2. The van der Waals surface area contributed by atoms with Crippen molar-refractivity contribution in [3.8, 4) is 0 Å². The van der Waals surface area contributed by atoms with Crippen LogP contribution in [0.2, 0.25) is 5.02 Å². The first kappa shape index (κ1) is 17.2. The number of hydrogen-bond donors (Lipinski definition) is 0. The van der Waals surface area contributed by atoms with E-state index in [0.29, 0.717) is 26.2 Å². The first-order valence-corrected chi connectivity index (χ1v) is 8.07. The van der Waals surface area contributed by atoms with Crippen LogP contribution in [-0.4, -0.2) is 41.9 Å². The maximum Gasteiger partial charge on any atom is 0.283 e. The molecule has 1 heterocycles. The Hall–Kier alpha value is -2.67. The van der Waals surface area contributed by atoms with Gasteiger partial charge in [0.05, 0.1) is 4.92 Å². The minimum Gasteiger partial charge on any atom is -0.368 e. The van der Waals surface area contributed by atoms with Gasteiger partial charge in [0.15, 0.2) is 0 Å². The molecule has 8 heteroatoms. The molecule has 0 radical (unpaired) electrons. The van der Waals surface area contributed by atoms with Crippen molar-refractivity contribution in [1.29, 1.82) is 0 Å². The van der Waals surface area contributed by atoms with Crippen LogP contribution in [-0.2, 0) is 0 Å². The number of halogens is 2. The molecule has 0 spiro atoms. The highest BCUT2D eigenvalue weighted by atomic mass is 35.5.